The molecule has 2 aromatic rings. The van der Waals surface area contributed by atoms with E-state index in [4.69, 9.17) is 0 Å². The molecule has 1 atom stereocenters. The lowest BCUT2D eigenvalue weighted by Crippen LogP contribution is -2.43. The highest BCUT2D eigenvalue weighted by atomic mass is 32.1. The second-order valence-electron chi connectivity index (χ2n) is 6.92. The van der Waals surface area contributed by atoms with Crippen molar-refractivity contribution in [3.05, 3.63) is 22.4 Å². The number of carbonyl (C=O) groups excluding carboxylic acids is 2. The molecule has 4 rings (SSSR count). The number of anilines is 2. The SMILES string of the molecule is O=C(NCCc1cccs1)C1CCCN(c2nnc(N3CCCC3=O)s2)C1. The molecule has 7 nitrogen and oxygen atoms in total. The van der Waals surface area contributed by atoms with Crippen molar-refractivity contribution in [3.63, 3.8) is 0 Å². The van der Waals surface area contributed by atoms with Crippen molar-refractivity contribution in [1.29, 1.82) is 0 Å². The third-order valence-electron chi connectivity index (χ3n) is 5.02. The van der Waals surface area contributed by atoms with Crippen molar-refractivity contribution in [2.24, 2.45) is 5.92 Å². The quantitative estimate of drug-likeness (QED) is 0.798. The van der Waals surface area contributed by atoms with Crippen LogP contribution in [-0.2, 0) is 16.0 Å². The molecule has 0 saturated carbocycles. The normalized spacial score (nSPS) is 20.3. The van der Waals surface area contributed by atoms with E-state index in [1.165, 1.54) is 16.2 Å². The summed E-state index contributed by atoms with van der Waals surface area (Å²) in [5, 5.41) is 15.1. The van der Waals surface area contributed by atoms with Gasteiger partial charge in [0.15, 0.2) is 0 Å². The molecular formula is C18H23N5O2S2. The zero-order valence-electron chi connectivity index (χ0n) is 15.1. The molecule has 0 aliphatic carbocycles. The predicted octanol–water partition coefficient (Wildman–Crippen LogP) is 2.30. The summed E-state index contributed by atoms with van der Waals surface area (Å²) in [5.41, 5.74) is 0. The smallest absolute Gasteiger partial charge is 0.228 e. The lowest BCUT2D eigenvalue weighted by molar-refractivity contribution is -0.125. The first-order valence-corrected chi connectivity index (χ1v) is 11.1. The van der Waals surface area contributed by atoms with Crippen molar-refractivity contribution in [2.45, 2.75) is 32.1 Å². The topological polar surface area (TPSA) is 78.4 Å². The molecule has 4 heterocycles. The molecule has 2 fully saturated rings. The highest BCUT2D eigenvalue weighted by Gasteiger charge is 2.29. The van der Waals surface area contributed by atoms with Gasteiger partial charge in [-0.15, -0.1) is 21.5 Å². The Bertz CT molecular complexity index is 792. The number of piperidine rings is 1. The predicted molar refractivity (Wildman–Crippen MR) is 107 cm³/mol. The van der Waals surface area contributed by atoms with Crippen LogP contribution in [0.1, 0.15) is 30.6 Å². The standard InChI is InChI=1S/C18H23N5O2S2/c24-15-6-2-10-23(15)18-21-20-17(27-18)22-9-1-4-13(12-22)16(25)19-8-7-14-5-3-11-26-14/h3,5,11,13H,1-2,4,6-10,12H2,(H,19,25). The third kappa shape index (κ3) is 4.30. The Morgan fingerprint density at radius 3 is 2.93 bits per heavy atom. The summed E-state index contributed by atoms with van der Waals surface area (Å²) in [4.78, 5) is 29.6. The number of aromatic nitrogens is 2. The number of nitrogens with zero attached hydrogens (tertiary/aromatic N) is 4. The van der Waals surface area contributed by atoms with Crippen LogP contribution in [0.2, 0.25) is 0 Å². The van der Waals surface area contributed by atoms with Gasteiger partial charge in [0.2, 0.25) is 22.1 Å². The fourth-order valence-electron chi connectivity index (χ4n) is 3.57. The number of carbonyl (C=O) groups is 2. The summed E-state index contributed by atoms with van der Waals surface area (Å²) in [6, 6.07) is 4.13. The molecule has 9 heteroatoms. The van der Waals surface area contributed by atoms with Gasteiger partial charge in [0.25, 0.3) is 0 Å². The minimum Gasteiger partial charge on any atom is -0.355 e. The molecule has 0 radical (unpaired) electrons. The zero-order valence-corrected chi connectivity index (χ0v) is 16.7. The van der Waals surface area contributed by atoms with Gasteiger partial charge in [-0.25, -0.2) is 0 Å². The number of amides is 2. The van der Waals surface area contributed by atoms with Crippen LogP contribution in [0, 0.1) is 5.92 Å². The molecule has 144 valence electrons. The van der Waals surface area contributed by atoms with Crippen LogP contribution in [0.4, 0.5) is 10.3 Å². The molecule has 0 spiro atoms. The van der Waals surface area contributed by atoms with Crippen LogP contribution in [0.25, 0.3) is 0 Å². The second kappa shape index (κ2) is 8.35. The highest BCUT2D eigenvalue weighted by Crippen LogP contribution is 2.32. The van der Waals surface area contributed by atoms with Gasteiger partial charge < -0.3 is 10.2 Å². The lowest BCUT2D eigenvalue weighted by atomic mass is 9.97. The van der Waals surface area contributed by atoms with Crippen LogP contribution in [0.5, 0.6) is 0 Å². The van der Waals surface area contributed by atoms with Gasteiger partial charge in [-0.2, -0.15) is 0 Å². The Labute approximate surface area is 166 Å². The van der Waals surface area contributed by atoms with Gasteiger partial charge in [0.1, 0.15) is 0 Å². The van der Waals surface area contributed by atoms with Gasteiger partial charge in [-0.1, -0.05) is 17.4 Å². The summed E-state index contributed by atoms with van der Waals surface area (Å²) in [6.45, 7) is 2.94. The minimum absolute atomic E-state index is 0.0251. The number of nitrogens with one attached hydrogen (secondary N) is 1. The lowest BCUT2D eigenvalue weighted by Gasteiger charge is -2.31. The van der Waals surface area contributed by atoms with Gasteiger partial charge in [-0.05, 0) is 37.1 Å². The van der Waals surface area contributed by atoms with E-state index >= 15 is 0 Å². The van der Waals surface area contributed by atoms with Crippen LogP contribution in [0.3, 0.4) is 0 Å². The Morgan fingerprint density at radius 2 is 2.15 bits per heavy atom. The fraction of sp³-hybridized carbons (Fsp3) is 0.556. The van der Waals surface area contributed by atoms with Crippen LogP contribution >= 0.6 is 22.7 Å². The van der Waals surface area contributed by atoms with Crippen molar-refractivity contribution in [3.8, 4) is 0 Å². The maximum atomic E-state index is 12.5. The van der Waals surface area contributed by atoms with E-state index in [9.17, 15) is 9.59 Å². The monoisotopic (exact) mass is 405 g/mol. The maximum Gasteiger partial charge on any atom is 0.228 e. The van der Waals surface area contributed by atoms with E-state index < -0.39 is 0 Å². The summed E-state index contributed by atoms with van der Waals surface area (Å²) >= 11 is 3.17. The van der Waals surface area contributed by atoms with E-state index in [1.807, 2.05) is 6.07 Å². The van der Waals surface area contributed by atoms with Gasteiger partial charge >= 0.3 is 0 Å². The first-order valence-electron chi connectivity index (χ1n) is 9.39. The summed E-state index contributed by atoms with van der Waals surface area (Å²) in [6.07, 6.45) is 4.21. The molecule has 2 saturated heterocycles. The molecule has 2 aliphatic rings. The minimum atomic E-state index is -0.0251. The van der Waals surface area contributed by atoms with Crippen LogP contribution < -0.4 is 15.1 Å². The van der Waals surface area contributed by atoms with E-state index in [1.54, 1.807) is 16.2 Å². The molecule has 2 aliphatic heterocycles. The molecule has 0 bridgehead atoms. The van der Waals surface area contributed by atoms with Gasteiger partial charge in [0.05, 0.1) is 5.92 Å². The molecular weight excluding hydrogens is 382 g/mol. The van der Waals surface area contributed by atoms with Gasteiger partial charge in [-0.3, -0.25) is 14.5 Å². The maximum absolute atomic E-state index is 12.5. The molecule has 1 N–H and O–H groups in total. The van der Waals surface area contributed by atoms with Crippen molar-refractivity contribution in [1.82, 2.24) is 15.5 Å². The molecule has 2 aromatic heterocycles. The second-order valence-corrected chi connectivity index (χ2v) is 8.89. The number of rotatable bonds is 6. The first-order chi connectivity index (χ1) is 13.2. The van der Waals surface area contributed by atoms with Gasteiger partial charge in [0, 0.05) is 37.5 Å². The number of hydrogen-bond donors (Lipinski definition) is 1. The van der Waals surface area contributed by atoms with E-state index in [0.717, 1.165) is 43.9 Å². The summed E-state index contributed by atoms with van der Waals surface area (Å²) < 4.78 is 0. The van der Waals surface area contributed by atoms with Crippen molar-refractivity contribution >= 4 is 44.8 Å². The number of thiophene rings is 1. The van der Waals surface area contributed by atoms with E-state index in [2.05, 4.69) is 31.9 Å². The first kappa shape index (κ1) is 18.4. The van der Waals surface area contributed by atoms with E-state index in [0.29, 0.717) is 24.6 Å². The number of hydrogen-bond acceptors (Lipinski definition) is 7. The molecule has 1 unspecified atom stereocenters. The average molecular weight is 406 g/mol. The molecule has 2 amide bonds. The Hall–Kier alpha value is -2.00. The van der Waals surface area contributed by atoms with Crippen LogP contribution in [0.15, 0.2) is 17.5 Å². The zero-order chi connectivity index (χ0) is 18.6. The Morgan fingerprint density at radius 1 is 1.26 bits per heavy atom. The van der Waals surface area contributed by atoms with Crippen molar-refractivity contribution < 1.29 is 9.59 Å². The highest BCUT2D eigenvalue weighted by molar-refractivity contribution is 7.19. The third-order valence-corrected chi connectivity index (χ3v) is 6.96. The average Bonchev–Trinajstić information content (AvgIpc) is 3.43. The Kier molecular flexibility index (Phi) is 5.68. The summed E-state index contributed by atoms with van der Waals surface area (Å²) in [7, 11) is 0. The summed E-state index contributed by atoms with van der Waals surface area (Å²) in [5.74, 6) is 0.220. The Balaban J connectivity index is 1.31. The molecule has 0 aromatic carbocycles. The van der Waals surface area contributed by atoms with Crippen molar-refractivity contribution in [2.75, 3.05) is 36.0 Å². The fourth-order valence-corrected chi connectivity index (χ4v) is 5.20. The van der Waals surface area contributed by atoms with E-state index in [-0.39, 0.29) is 17.7 Å². The molecule has 27 heavy (non-hydrogen) atoms. The largest absolute Gasteiger partial charge is 0.355 e. The van der Waals surface area contributed by atoms with Crippen LogP contribution in [-0.4, -0.2) is 48.2 Å².